The Labute approximate surface area is 104 Å². The Hall–Kier alpha value is -1.62. The highest BCUT2D eigenvalue weighted by molar-refractivity contribution is 8.13. The smallest absolute Gasteiger partial charge is 0.208 e. The summed E-state index contributed by atoms with van der Waals surface area (Å²) in [5.74, 6) is 2.51. The highest BCUT2D eigenvalue weighted by atomic mass is 35.5. The fourth-order valence-corrected chi connectivity index (χ4v) is 1.77. The van der Waals surface area contributed by atoms with E-state index in [1.165, 1.54) is 16.2 Å². The van der Waals surface area contributed by atoms with E-state index in [9.17, 15) is 0 Å². The summed E-state index contributed by atoms with van der Waals surface area (Å²) < 4.78 is 1.31. The molecule has 0 aromatic heterocycles. The number of nitriles is 1. The van der Waals surface area contributed by atoms with Crippen molar-refractivity contribution in [1.82, 2.24) is 0 Å². The minimum Gasteiger partial charge on any atom is -0.230 e. The number of rotatable bonds is 1. The van der Waals surface area contributed by atoms with Crippen molar-refractivity contribution in [2.24, 2.45) is 4.99 Å². The number of halogens is 1. The first kappa shape index (κ1) is 12.4. The minimum absolute atomic E-state index is 0.414. The predicted molar refractivity (Wildman–Crippen MR) is 69.3 cm³/mol. The summed E-state index contributed by atoms with van der Waals surface area (Å²) in [6.45, 7) is 0. The molecular weight excluding hydrogens is 242 g/mol. The number of terminal acetylenes is 1. The molecule has 0 amide bonds. The molecule has 0 N–H and O–H groups in total. The van der Waals surface area contributed by atoms with Crippen LogP contribution in [0.1, 0.15) is 5.56 Å². The van der Waals surface area contributed by atoms with E-state index in [0.717, 1.165) is 5.56 Å². The first-order valence-corrected chi connectivity index (χ1v) is 5.82. The number of hydrogen-bond donors (Lipinski definition) is 0. The molecule has 0 bridgehead atoms. The predicted octanol–water partition coefficient (Wildman–Crippen LogP) is 2.83. The average molecular weight is 250 g/mol. The maximum Gasteiger partial charge on any atom is 0.208 e. The van der Waals surface area contributed by atoms with E-state index in [1.807, 2.05) is 0 Å². The molecule has 0 fully saturated rings. The summed E-state index contributed by atoms with van der Waals surface area (Å²) in [5.41, 5.74) is 1.49. The first-order chi connectivity index (χ1) is 7.72. The lowest BCUT2D eigenvalue weighted by molar-refractivity contribution is 1.42. The number of hydrogen-bond acceptors (Lipinski definition) is 3. The quantitative estimate of drug-likeness (QED) is 0.253. The van der Waals surface area contributed by atoms with Crippen LogP contribution in [0.15, 0.2) is 29.3 Å². The van der Waals surface area contributed by atoms with Gasteiger partial charge in [0.05, 0.1) is 5.69 Å². The third-order valence-corrected chi connectivity index (χ3v) is 2.85. The van der Waals surface area contributed by atoms with Gasteiger partial charge in [-0.15, -0.1) is 11.4 Å². The molecule has 0 spiro atoms. The van der Waals surface area contributed by atoms with E-state index in [4.69, 9.17) is 23.5 Å². The van der Waals surface area contributed by atoms with Crippen LogP contribution in [0.4, 0.5) is 5.69 Å². The summed E-state index contributed by atoms with van der Waals surface area (Å²) in [7, 11) is 0. The number of anilines is 1. The topological polar surface area (TPSA) is 39.4 Å². The minimum atomic E-state index is 0.414. The summed E-state index contributed by atoms with van der Waals surface area (Å²) in [5, 5.41) is 8.90. The molecule has 80 valence electrons. The largest absolute Gasteiger partial charge is 0.230 e. The number of nitrogens with zero attached hydrogens (tertiary/aromatic N) is 3. The van der Waals surface area contributed by atoms with Crippen LogP contribution in [0.2, 0.25) is 0 Å². The van der Waals surface area contributed by atoms with Crippen molar-refractivity contribution in [3.8, 4) is 18.5 Å². The SMILES string of the molecule is C#Cc1ccc(N(Cl)C(=NC#N)SC)cc1. The molecule has 0 radical (unpaired) electrons. The van der Waals surface area contributed by atoms with Crippen LogP contribution in [0.25, 0.3) is 0 Å². The Kier molecular flexibility index (Phi) is 4.72. The van der Waals surface area contributed by atoms with Gasteiger partial charge in [-0.1, -0.05) is 17.7 Å². The van der Waals surface area contributed by atoms with E-state index in [0.29, 0.717) is 10.9 Å². The Bertz CT molecular complexity index is 467. The second-order valence-electron chi connectivity index (χ2n) is 2.67. The van der Waals surface area contributed by atoms with Crippen molar-refractivity contribution in [1.29, 1.82) is 5.26 Å². The van der Waals surface area contributed by atoms with Crippen LogP contribution < -0.4 is 4.42 Å². The van der Waals surface area contributed by atoms with Crippen molar-refractivity contribution in [3.05, 3.63) is 29.8 Å². The van der Waals surface area contributed by atoms with Gasteiger partial charge in [-0.3, -0.25) is 0 Å². The lowest BCUT2D eigenvalue weighted by Gasteiger charge is -2.14. The lowest BCUT2D eigenvalue weighted by atomic mass is 10.2. The molecule has 0 saturated heterocycles. The van der Waals surface area contributed by atoms with Crippen molar-refractivity contribution < 1.29 is 0 Å². The van der Waals surface area contributed by atoms with Crippen LogP contribution in [-0.4, -0.2) is 11.4 Å². The Balaban J connectivity index is 2.97. The van der Waals surface area contributed by atoms with Gasteiger partial charge in [0, 0.05) is 17.3 Å². The Morgan fingerprint density at radius 2 is 2.12 bits per heavy atom. The van der Waals surface area contributed by atoms with Gasteiger partial charge in [0.1, 0.15) is 0 Å². The van der Waals surface area contributed by atoms with Crippen LogP contribution in [0.3, 0.4) is 0 Å². The van der Waals surface area contributed by atoms with Gasteiger partial charge in [-0.25, -0.2) is 4.42 Å². The third kappa shape index (κ3) is 2.93. The molecule has 0 aliphatic heterocycles. The highest BCUT2D eigenvalue weighted by Gasteiger charge is 2.10. The first-order valence-electron chi connectivity index (χ1n) is 4.26. The molecule has 0 aliphatic rings. The lowest BCUT2D eigenvalue weighted by Crippen LogP contribution is -2.16. The van der Waals surface area contributed by atoms with E-state index in [2.05, 4.69) is 10.9 Å². The number of benzene rings is 1. The zero-order valence-electron chi connectivity index (χ0n) is 8.51. The molecule has 0 atom stereocenters. The molecule has 1 aromatic carbocycles. The van der Waals surface area contributed by atoms with Crippen molar-refractivity contribution in [2.45, 2.75) is 0 Å². The van der Waals surface area contributed by atoms with E-state index < -0.39 is 0 Å². The van der Waals surface area contributed by atoms with Gasteiger partial charge in [0.2, 0.25) is 6.19 Å². The van der Waals surface area contributed by atoms with Crippen molar-refractivity contribution in [2.75, 3.05) is 10.7 Å². The summed E-state index contributed by atoms with van der Waals surface area (Å²) in [4.78, 5) is 3.60. The van der Waals surface area contributed by atoms with Crippen LogP contribution >= 0.6 is 23.5 Å². The molecular formula is C11H8ClN3S. The highest BCUT2D eigenvalue weighted by Crippen LogP contribution is 2.21. The van der Waals surface area contributed by atoms with Gasteiger partial charge in [0.15, 0.2) is 5.17 Å². The molecule has 16 heavy (non-hydrogen) atoms. The normalized spacial score (nSPS) is 10.4. The van der Waals surface area contributed by atoms with Gasteiger partial charge in [-0.05, 0) is 30.5 Å². The molecule has 5 heteroatoms. The van der Waals surface area contributed by atoms with Crippen molar-refractivity contribution in [3.63, 3.8) is 0 Å². The van der Waals surface area contributed by atoms with Crippen LogP contribution in [0.5, 0.6) is 0 Å². The average Bonchev–Trinajstić information content (AvgIpc) is 2.35. The zero-order chi connectivity index (χ0) is 12.0. The number of thioether (sulfide) groups is 1. The molecule has 0 unspecified atom stereocenters. The van der Waals surface area contributed by atoms with Gasteiger partial charge < -0.3 is 0 Å². The van der Waals surface area contributed by atoms with E-state index in [-0.39, 0.29) is 0 Å². The van der Waals surface area contributed by atoms with Gasteiger partial charge in [-0.2, -0.15) is 5.26 Å². The molecule has 3 nitrogen and oxygen atoms in total. The fourth-order valence-electron chi connectivity index (χ4n) is 1.01. The van der Waals surface area contributed by atoms with Gasteiger partial charge in [0.25, 0.3) is 0 Å². The number of amidine groups is 1. The van der Waals surface area contributed by atoms with Gasteiger partial charge >= 0.3 is 0 Å². The van der Waals surface area contributed by atoms with Crippen LogP contribution in [0, 0.1) is 23.8 Å². The zero-order valence-corrected chi connectivity index (χ0v) is 10.1. The summed E-state index contributed by atoms with van der Waals surface area (Å²) >= 11 is 7.31. The number of aliphatic imine (C=N–C) groups is 1. The third-order valence-electron chi connectivity index (χ3n) is 1.76. The maximum atomic E-state index is 8.48. The molecule has 1 aromatic rings. The Morgan fingerprint density at radius 3 is 2.56 bits per heavy atom. The molecule has 0 saturated carbocycles. The van der Waals surface area contributed by atoms with Crippen molar-refractivity contribution >= 4 is 34.4 Å². The van der Waals surface area contributed by atoms with E-state index in [1.54, 1.807) is 36.7 Å². The molecule has 1 rings (SSSR count). The summed E-state index contributed by atoms with van der Waals surface area (Å²) in [6, 6.07) is 7.08. The van der Waals surface area contributed by atoms with Crippen LogP contribution in [-0.2, 0) is 0 Å². The van der Waals surface area contributed by atoms with E-state index >= 15 is 0 Å². The standard InChI is InChI=1S/C11H8ClN3S/c1-3-9-4-6-10(7-5-9)15(12)11(16-2)14-8-13/h1,4-7H,2H3. The summed E-state index contributed by atoms with van der Waals surface area (Å²) in [6.07, 6.45) is 8.74. The maximum absolute atomic E-state index is 8.48. The Morgan fingerprint density at radius 1 is 1.50 bits per heavy atom. The second-order valence-corrected chi connectivity index (χ2v) is 3.78. The molecule has 0 heterocycles. The molecule has 0 aliphatic carbocycles. The fraction of sp³-hybridized carbons (Fsp3) is 0.0909. The monoisotopic (exact) mass is 249 g/mol. The second kappa shape index (κ2) is 6.07.